The second-order valence-corrected chi connectivity index (χ2v) is 4.58. The molecule has 0 N–H and O–H groups in total. The van der Waals surface area contributed by atoms with Crippen molar-refractivity contribution >= 4 is 12.4 Å². The largest absolute Gasteiger partial charge is 0.498 e. The molecule has 1 heterocycles. The van der Waals surface area contributed by atoms with Gasteiger partial charge in [0.25, 0.3) is 0 Å². The van der Waals surface area contributed by atoms with Crippen molar-refractivity contribution in [1.82, 2.24) is 0 Å². The highest BCUT2D eigenvalue weighted by Gasteiger charge is 2.27. The summed E-state index contributed by atoms with van der Waals surface area (Å²) >= 11 is 0. The number of fused-ring (bicyclic) bond motifs is 1. The molecule has 0 unspecified atom stereocenters. The van der Waals surface area contributed by atoms with Crippen LogP contribution in [0, 0.1) is 5.82 Å². The van der Waals surface area contributed by atoms with Crippen molar-refractivity contribution in [3.05, 3.63) is 65.3 Å². The first-order valence-electron chi connectivity index (χ1n) is 6.72. The SMILES string of the molecule is C\C=C(/C=C\C(=C\B1OCc2cc(F)ccc21)OC)OC. The van der Waals surface area contributed by atoms with Gasteiger partial charge in [0.2, 0.25) is 0 Å². The average molecular weight is 288 g/mol. The summed E-state index contributed by atoms with van der Waals surface area (Å²) in [4.78, 5) is 0. The topological polar surface area (TPSA) is 27.7 Å². The number of allylic oxidation sites excluding steroid dienone is 3. The number of benzene rings is 1. The van der Waals surface area contributed by atoms with E-state index in [1.165, 1.54) is 12.1 Å². The van der Waals surface area contributed by atoms with E-state index in [0.29, 0.717) is 12.4 Å². The zero-order valence-electron chi connectivity index (χ0n) is 12.4. The van der Waals surface area contributed by atoms with Crippen LogP contribution < -0.4 is 5.46 Å². The van der Waals surface area contributed by atoms with Gasteiger partial charge in [-0.25, -0.2) is 4.39 Å². The quantitative estimate of drug-likeness (QED) is 0.473. The Bertz CT molecular complexity index is 593. The Morgan fingerprint density at radius 2 is 1.95 bits per heavy atom. The molecule has 0 radical (unpaired) electrons. The zero-order chi connectivity index (χ0) is 15.2. The number of rotatable bonds is 5. The summed E-state index contributed by atoms with van der Waals surface area (Å²) < 4.78 is 29.3. The molecule has 110 valence electrons. The molecule has 0 atom stereocenters. The third-order valence-electron chi connectivity index (χ3n) is 3.31. The van der Waals surface area contributed by atoms with Crippen LogP contribution in [0.1, 0.15) is 12.5 Å². The molecule has 21 heavy (non-hydrogen) atoms. The van der Waals surface area contributed by atoms with Gasteiger partial charge in [-0.15, -0.1) is 0 Å². The van der Waals surface area contributed by atoms with Gasteiger partial charge in [-0.2, -0.15) is 0 Å². The van der Waals surface area contributed by atoms with E-state index in [2.05, 4.69) is 0 Å². The summed E-state index contributed by atoms with van der Waals surface area (Å²) in [6.45, 7) is 2.08. The molecule has 0 fully saturated rings. The molecule has 1 aromatic rings. The first-order valence-corrected chi connectivity index (χ1v) is 6.72. The van der Waals surface area contributed by atoms with E-state index in [9.17, 15) is 4.39 Å². The first-order chi connectivity index (χ1) is 10.2. The molecule has 1 aliphatic heterocycles. The minimum Gasteiger partial charge on any atom is -0.498 e. The van der Waals surface area contributed by atoms with Crippen molar-refractivity contribution in [1.29, 1.82) is 0 Å². The highest BCUT2D eigenvalue weighted by Crippen LogP contribution is 2.15. The summed E-state index contributed by atoms with van der Waals surface area (Å²) in [5.41, 5.74) is 1.85. The Morgan fingerprint density at radius 1 is 1.24 bits per heavy atom. The van der Waals surface area contributed by atoms with Gasteiger partial charge >= 0.3 is 6.92 Å². The van der Waals surface area contributed by atoms with Crippen molar-refractivity contribution in [2.75, 3.05) is 14.2 Å². The van der Waals surface area contributed by atoms with Crippen LogP contribution in [-0.4, -0.2) is 21.1 Å². The van der Waals surface area contributed by atoms with Crippen molar-refractivity contribution < 1.29 is 18.5 Å². The van der Waals surface area contributed by atoms with Gasteiger partial charge in [0, 0.05) is 0 Å². The zero-order valence-corrected chi connectivity index (χ0v) is 12.4. The smallest absolute Gasteiger partial charge is 0.358 e. The Labute approximate surface area is 124 Å². The van der Waals surface area contributed by atoms with E-state index >= 15 is 0 Å². The standard InChI is InChI=1S/C16H18BFO3/c1-4-14(19-2)6-7-15(20-3)10-17-16-8-5-13(18)9-12(16)11-21-17/h4-10H,11H2,1-3H3/b7-6-,14-4+,15-10-. The summed E-state index contributed by atoms with van der Waals surface area (Å²) in [6.07, 6.45) is 5.48. The molecule has 0 bridgehead atoms. The first kappa shape index (κ1) is 15.4. The summed E-state index contributed by atoms with van der Waals surface area (Å²) in [5, 5.41) is 0. The third kappa shape index (κ3) is 3.76. The lowest BCUT2D eigenvalue weighted by molar-refractivity contribution is 0.297. The maximum Gasteiger partial charge on any atom is 0.358 e. The molecule has 1 aromatic carbocycles. The van der Waals surface area contributed by atoms with Crippen LogP contribution in [0.2, 0.25) is 0 Å². The Morgan fingerprint density at radius 3 is 2.62 bits per heavy atom. The Balaban J connectivity index is 2.19. The molecule has 0 aliphatic carbocycles. The molecule has 0 saturated heterocycles. The average Bonchev–Trinajstić information content (AvgIpc) is 2.88. The minimum atomic E-state index is -0.244. The van der Waals surface area contributed by atoms with Crippen LogP contribution in [0.4, 0.5) is 4.39 Å². The van der Waals surface area contributed by atoms with Crippen molar-refractivity contribution in [3.63, 3.8) is 0 Å². The van der Waals surface area contributed by atoms with Crippen LogP contribution in [0.3, 0.4) is 0 Å². The van der Waals surface area contributed by atoms with Gasteiger partial charge in [0.05, 0.1) is 20.8 Å². The molecule has 0 aromatic heterocycles. The monoisotopic (exact) mass is 288 g/mol. The van der Waals surface area contributed by atoms with Gasteiger partial charge in [-0.05, 0) is 54.3 Å². The number of methoxy groups -OCH3 is 2. The molecule has 3 nitrogen and oxygen atoms in total. The summed E-state index contributed by atoms with van der Waals surface area (Å²) in [5.74, 6) is 3.02. The predicted octanol–water partition coefficient (Wildman–Crippen LogP) is 2.73. The van der Waals surface area contributed by atoms with Gasteiger partial charge in [0.1, 0.15) is 17.3 Å². The molecule has 2 rings (SSSR count). The van der Waals surface area contributed by atoms with Crippen LogP contribution in [-0.2, 0) is 20.7 Å². The van der Waals surface area contributed by atoms with Crippen molar-refractivity contribution in [3.8, 4) is 0 Å². The van der Waals surface area contributed by atoms with E-state index in [0.717, 1.165) is 16.8 Å². The highest BCUT2D eigenvalue weighted by atomic mass is 19.1. The maximum absolute atomic E-state index is 13.2. The van der Waals surface area contributed by atoms with E-state index in [4.69, 9.17) is 14.1 Å². The molecule has 0 spiro atoms. The highest BCUT2D eigenvalue weighted by molar-refractivity contribution is 6.73. The van der Waals surface area contributed by atoms with Crippen LogP contribution in [0.25, 0.3) is 0 Å². The Hall–Kier alpha value is -2.01. The molecular formula is C16H18BFO3. The number of hydrogen-bond donors (Lipinski definition) is 0. The van der Waals surface area contributed by atoms with Crippen molar-refractivity contribution in [2.24, 2.45) is 0 Å². The van der Waals surface area contributed by atoms with Gasteiger partial charge in [-0.3, -0.25) is 0 Å². The third-order valence-corrected chi connectivity index (χ3v) is 3.31. The van der Waals surface area contributed by atoms with E-state index in [-0.39, 0.29) is 12.7 Å². The maximum atomic E-state index is 13.2. The molecule has 0 amide bonds. The van der Waals surface area contributed by atoms with E-state index in [1.54, 1.807) is 20.3 Å². The van der Waals surface area contributed by atoms with Crippen LogP contribution >= 0.6 is 0 Å². The lowest BCUT2D eigenvalue weighted by Gasteiger charge is -2.05. The normalized spacial score (nSPS) is 15.5. The van der Waals surface area contributed by atoms with Gasteiger partial charge in [-0.1, -0.05) is 6.07 Å². The fourth-order valence-corrected chi connectivity index (χ4v) is 2.17. The summed E-state index contributed by atoms with van der Waals surface area (Å²) in [7, 11) is 3.21. The Kier molecular flexibility index (Phi) is 5.23. The number of hydrogen-bond acceptors (Lipinski definition) is 3. The van der Waals surface area contributed by atoms with Crippen molar-refractivity contribution in [2.45, 2.75) is 13.5 Å². The summed E-state index contributed by atoms with van der Waals surface area (Å²) in [6, 6.07) is 4.70. The lowest BCUT2D eigenvalue weighted by Crippen LogP contribution is -2.27. The second-order valence-electron chi connectivity index (χ2n) is 4.58. The number of halogens is 1. The van der Waals surface area contributed by atoms with Crippen LogP contribution in [0.5, 0.6) is 0 Å². The second kappa shape index (κ2) is 7.13. The van der Waals surface area contributed by atoms with Crippen LogP contribution in [0.15, 0.2) is 53.9 Å². The fraction of sp³-hybridized carbons (Fsp3) is 0.250. The lowest BCUT2D eigenvalue weighted by atomic mass is 9.61. The van der Waals surface area contributed by atoms with E-state index < -0.39 is 0 Å². The minimum absolute atomic E-state index is 0.225. The predicted molar refractivity (Wildman–Crippen MR) is 81.6 cm³/mol. The molecule has 5 heteroatoms. The number of ether oxygens (including phenoxy) is 2. The van der Waals surface area contributed by atoms with Gasteiger partial charge < -0.3 is 14.1 Å². The molecule has 1 aliphatic rings. The molecule has 0 saturated carbocycles. The fourth-order valence-electron chi connectivity index (χ4n) is 2.17. The van der Waals surface area contributed by atoms with E-state index in [1.807, 2.05) is 31.1 Å². The van der Waals surface area contributed by atoms with Gasteiger partial charge in [0.15, 0.2) is 0 Å². The molecular weight excluding hydrogens is 270 g/mol.